The molecule has 0 saturated heterocycles. The van der Waals surface area contributed by atoms with Crippen LogP contribution in [0.25, 0.3) is 0 Å². The minimum Gasteiger partial charge on any atom is -0.452 e. The molecule has 1 N–H and O–H groups in total. The fourth-order valence-corrected chi connectivity index (χ4v) is 2.89. The number of aryl methyl sites for hydroxylation is 1. The molecule has 2 rings (SSSR count). The Labute approximate surface area is 158 Å². The van der Waals surface area contributed by atoms with Crippen LogP contribution in [-0.2, 0) is 9.53 Å². The minimum atomic E-state index is -0.555. The molecule has 6 heteroatoms. The van der Waals surface area contributed by atoms with E-state index < -0.39 is 5.97 Å². The van der Waals surface area contributed by atoms with Crippen LogP contribution in [0, 0.1) is 12.8 Å². The number of ether oxygens (including phenoxy) is 1. The number of rotatable bonds is 7. The average molecular weight is 372 g/mol. The first kappa shape index (κ1) is 20.0. The Morgan fingerprint density at radius 1 is 1.15 bits per heavy atom. The topological polar surface area (TPSA) is 68.3 Å². The van der Waals surface area contributed by atoms with Crippen LogP contribution in [0.1, 0.15) is 36.7 Å². The highest BCUT2D eigenvalue weighted by Crippen LogP contribution is 2.29. The Bertz CT molecular complexity index is 760. The molecule has 1 heterocycles. The van der Waals surface area contributed by atoms with Crippen LogP contribution in [-0.4, -0.2) is 29.5 Å². The van der Waals surface area contributed by atoms with E-state index in [0.29, 0.717) is 16.5 Å². The van der Waals surface area contributed by atoms with E-state index in [1.807, 2.05) is 52.0 Å². The fraction of sp³-hybridized carbons (Fsp3) is 0.350. The van der Waals surface area contributed by atoms with Gasteiger partial charge in [-0.15, -0.1) is 0 Å². The maximum Gasteiger partial charge on any atom is 0.341 e. The lowest BCUT2D eigenvalue weighted by molar-refractivity contribution is -0.125. The van der Waals surface area contributed by atoms with Crippen LogP contribution in [0.4, 0.5) is 0 Å². The number of aromatic nitrogens is 1. The zero-order valence-corrected chi connectivity index (χ0v) is 16.3. The highest BCUT2D eigenvalue weighted by Gasteiger charge is 2.17. The van der Waals surface area contributed by atoms with E-state index in [1.54, 1.807) is 18.3 Å². The van der Waals surface area contributed by atoms with Gasteiger partial charge in [0, 0.05) is 17.1 Å². The van der Waals surface area contributed by atoms with Crippen LogP contribution in [0.2, 0.25) is 0 Å². The molecule has 1 aromatic carbocycles. The molecule has 0 spiro atoms. The van der Waals surface area contributed by atoms with E-state index in [4.69, 9.17) is 4.74 Å². The van der Waals surface area contributed by atoms with Crippen LogP contribution in [0.3, 0.4) is 0 Å². The SMILES string of the molecule is Cc1ccc(Sc2ncccc2C(=O)OCC(=O)N[C@H](C)C(C)C)cc1. The summed E-state index contributed by atoms with van der Waals surface area (Å²) in [6.07, 6.45) is 1.63. The Kier molecular flexibility index (Phi) is 7.21. The van der Waals surface area contributed by atoms with Crippen molar-refractivity contribution in [2.45, 2.75) is 43.7 Å². The van der Waals surface area contributed by atoms with E-state index in [9.17, 15) is 9.59 Å². The molecule has 1 atom stereocenters. The van der Waals surface area contributed by atoms with Gasteiger partial charge in [0.2, 0.25) is 0 Å². The van der Waals surface area contributed by atoms with Gasteiger partial charge in [0.15, 0.2) is 6.61 Å². The summed E-state index contributed by atoms with van der Waals surface area (Å²) >= 11 is 1.39. The molecule has 1 amide bonds. The molecule has 0 radical (unpaired) electrons. The molecule has 0 aliphatic heterocycles. The van der Waals surface area contributed by atoms with Crippen molar-refractivity contribution in [1.29, 1.82) is 0 Å². The highest BCUT2D eigenvalue weighted by molar-refractivity contribution is 7.99. The number of carbonyl (C=O) groups is 2. The van der Waals surface area contributed by atoms with Gasteiger partial charge in [-0.1, -0.05) is 43.3 Å². The van der Waals surface area contributed by atoms with Gasteiger partial charge in [0.25, 0.3) is 5.91 Å². The summed E-state index contributed by atoms with van der Waals surface area (Å²) in [5, 5.41) is 3.36. The molecule has 0 saturated carbocycles. The van der Waals surface area contributed by atoms with Crippen molar-refractivity contribution >= 4 is 23.6 Å². The molecule has 5 nitrogen and oxygen atoms in total. The van der Waals surface area contributed by atoms with E-state index >= 15 is 0 Å². The quantitative estimate of drug-likeness (QED) is 0.748. The van der Waals surface area contributed by atoms with Crippen LogP contribution in [0.5, 0.6) is 0 Å². The number of hydrogen-bond acceptors (Lipinski definition) is 5. The number of carbonyl (C=O) groups excluding carboxylic acids is 2. The lowest BCUT2D eigenvalue weighted by atomic mass is 10.1. The smallest absolute Gasteiger partial charge is 0.341 e. The predicted octanol–water partition coefficient (Wildman–Crippen LogP) is 3.86. The van der Waals surface area contributed by atoms with Crippen molar-refractivity contribution in [3.63, 3.8) is 0 Å². The maximum absolute atomic E-state index is 12.4. The van der Waals surface area contributed by atoms with Crippen molar-refractivity contribution in [3.8, 4) is 0 Å². The number of amides is 1. The molecular weight excluding hydrogens is 348 g/mol. The summed E-state index contributed by atoms with van der Waals surface area (Å²) in [4.78, 5) is 29.5. The molecule has 0 bridgehead atoms. The van der Waals surface area contributed by atoms with E-state index in [2.05, 4.69) is 10.3 Å². The van der Waals surface area contributed by atoms with Gasteiger partial charge in [0.05, 0.1) is 5.56 Å². The molecule has 26 heavy (non-hydrogen) atoms. The molecular formula is C20H24N2O3S. The van der Waals surface area contributed by atoms with E-state index in [0.717, 1.165) is 10.5 Å². The number of benzene rings is 1. The number of nitrogens with one attached hydrogen (secondary N) is 1. The summed E-state index contributed by atoms with van der Waals surface area (Å²) in [7, 11) is 0. The van der Waals surface area contributed by atoms with Crippen molar-refractivity contribution in [2.24, 2.45) is 5.92 Å². The van der Waals surface area contributed by atoms with Crippen molar-refractivity contribution < 1.29 is 14.3 Å². The summed E-state index contributed by atoms with van der Waals surface area (Å²) in [5.74, 6) is -0.554. The molecule has 0 fully saturated rings. The van der Waals surface area contributed by atoms with Gasteiger partial charge in [-0.2, -0.15) is 0 Å². The second kappa shape index (κ2) is 9.38. The first-order chi connectivity index (χ1) is 12.4. The Balaban J connectivity index is 2.00. The number of hydrogen-bond donors (Lipinski definition) is 1. The Morgan fingerprint density at radius 2 is 1.85 bits per heavy atom. The molecule has 0 aliphatic carbocycles. The van der Waals surface area contributed by atoms with Crippen molar-refractivity contribution in [3.05, 3.63) is 53.7 Å². The van der Waals surface area contributed by atoms with Gasteiger partial charge < -0.3 is 10.1 Å². The second-order valence-electron chi connectivity index (χ2n) is 6.45. The molecule has 0 unspecified atom stereocenters. The zero-order valence-electron chi connectivity index (χ0n) is 15.5. The predicted molar refractivity (Wildman–Crippen MR) is 102 cm³/mol. The lowest BCUT2D eigenvalue weighted by Crippen LogP contribution is -2.38. The number of pyridine rings is 1. The third-order valence-corrected chi connectivity index (χ3v) is 4.98. The molecule has 138 valence electrons. The van der Waals surface area contributed by atoms with E-state index in [1.165, 1.54) is 11.8 Å². The summed E-state index contributed by atoms with van der Waals surface area (Å²) in [5.41, 5.74) is 1.51. The fourth-order valence-electron chi connectivity index (χ4n) is 2.02. The normalized spacial score (nSPS) is 11.9. The monoisotopic (exact) mass is 372 g/mol. The molecule has 1 aromatic heterocycles. The largest absolute Gasteiger partial charge is 0.452 e. The number of nitrogens with zero attached hydrogens (tertiary/aromatic N) is 1. The summed E-state index contributed by atoms with van der Waals surface area (Å²) in [6, 6.07) is 11.3. The average Bonchev–Trinajstić information content (AvgIpc) is 2.62. The highest BCUT2D eigenvalue weighted by atomic mass is 32.2. The van der Waals surface area contributed by atoms with Crippen molar-refractivity contribution in [1.82, 2.24) is 10.3 Å². The zero-order chi connectivity index (χ0) is 19.1. The van der Waals surface area contributed by atoms with Gasteiger partial charge in [-0.25, -0.2) is 9.78 Å². The van der Waals surface area contributed by atoms with Crippen molar-refractivity contribution in [2.75, 3.05) is 6.61 Å². The minimum absolute atomic E-state index is 0.0206. The first-order valence-corrected chi connectivity index (χ1v) is 9.34. The molecule has 0 aliphatic rings. The summed E-state index contributed by atoms with van der Waals surface area (Å²) < 4.78 is 5.16. The second-order valence-corrected chi connectivity index (χ2v) is 7.51. The van der Waals surface area contributed by atoms with E-state index in [-0.39, 0.29) is 18.6 Å². The number of esters is 1. The third kappa shape index (κ3) is 5.88. The van der Waals surface area contributed by atoms with Crippen LogP contribution < -0.4 is 5.32 Å². The summed E-state index contributed by atoms with van der Waals surface area (Å²) in [6.45, 7) is 7.66. The first-order valence-electron chi connectivity index (χ1n) is 8.53. The maximum atomic E-state index is 12.4. The molecule has 2 aromatic rings. The third-order valence-electron chi connectivity index (χ3n) is 3.95. The van der Waals surface area contributed by atoms with Crippen LogP contribution in [0.15, 0.2) is 52.5 Å². The van der Waals surface area contributed by atoms with Gasteiger partial charge in [-0.3, -0.25) is 4.79 Å². The van der Waals surface area contributed by atoms with Crippen LogP contribution >= 0.6 is 11.8 Å². The van der Waals surface area contributed by atoms with Gasteiger partial charge in [-0.05, 0) is 44.0 Å². The Hall–Kier alpha value is -2.34. The standard InChI is InChI=1S/C20H24N2O3S/c1-13(2)15(4)22-18(23)12-25-20(24)17-6-5-11-21-19(17)26-16-9-7-14(3)8-10-16/h5-11,13,15H,12H2,1-4H3,(H,22,23)/t15-/m1/s1. The van der Waals surface area contributed by atoms with Gasteiger partial charge >= 0.3 is 5.97 Å². The lowest BCUT2D eigenvalue weighted by Gasteiger charge is -2.17. The van der Waals surface area contributed by atoms with Gasteiger partial charge in [0.1, 0.15) is 5.03 Å². The Morgan fingerprint density at radius 3 is 2.50 bits per heavy atom.